The Morgan fingerprint density at radius 1 is 1.12 bits per heavy atom. The van der Waals surface area contributed by atoms with E-state index in [2.05, 4.69) is 21.2 Å². The molecule has 1 saturated heterocycles. The van der Waals surface area contributed by atoms with Gasteiger partial charge in [0, 0.05) is 4.47 Å². The molecule has 1 aromatic carbocycles. The molecule has 1 N–H and O–H groups in total. The van der Waals surface area contributed by atoms with Gasteiger partial charge in [0.25, 0.3) is 0 Å². The molecule has 0 radical (unpaired) electrons. The van der Waals surface area contributed by atoms with Gasteiger partial charge in [-0.15, -0.1) is 0 Å². The molecule has 5 nitrogen and oxygen atoms in total. The maximum absolute atomic E-state index is 12.7. The predicted molar refractivity (Wildman–Crippen MR) is 100.0 cm³/mol. The zero-order valence-electron chi connectivity index (χ0n) is 14.7. The predicted octanol–water partition coefficient (Wildman–Crippen LogP) is 3.12. The van der Waals surface area contributed by atoms with E-state index < -0.39 is 0 Å². The summed E-state index contributed by atoms with van der Waals surface area (Å²) < 4.78 is 0.976. The minimum Gasteiger partial charge on any atom is -0.345 e. The molecule has 0 unspecified atom stereocenters. The van der Waals surface area contributed by atoms with Crippen LogP contribution in [-0.2, 0) is 19.9 Å². The molecule has 2 aliphatic carbocycles. The second-order valence-corrected chi connectivity index (χ2v) is 8.67. The summed E-state index contributed by atoms with van der Waals surface area (Å²) in [5, 5.41) is 3.12. The minimum absolute atomic E-state index is 0.152. The number of likely N-dealkylation sites (tertiary alicyclic amines) is 1. The number of amides is 3. The number of rotatable bonds is 4. The van der Waals surface area contributed by atoms with Crippen molar-refractivity contribution in [2.75, 3.05) is 6.54 Å². The van der Waals surface area contributed by atoms with Crippen molar-refractivity contribution >= 4 is 33.7 Å². The summed E-state index contributed by atoms with van der Waals surface area (Å²) in [6.45, 7) is -0.152. The van der Waals surface area contributed by atoms with Crippen LogP contribution in [0.3, 0.4) is 0 Å². The topological polar surface area (TPSA) is 66.5 Å². The molecular formula is C20H23BrN2O3. The highest BCUT2D eigenvalue weighted by molar-refractivity contribution is 9.10. The highest BCUT2D eigenvalue weighted by Crippen LogP contribution is 2.42. The summed E-state index contributed by atoms with van der Waals surface area (Å²) >= 11 is 3.49. The Morgan fingerprint density at radius 3 is 2.31 bits per heavy atom. The second kappa shape index (κ2) is 6.80. The van der Waals surface area contributed by atoms with Crippen LogP contribution in [0.2, 0.25) is 0 Å². The van der Waals surface area contributed by atoms with Gasteiger partial charge in [-0.05, 0) is 49.8 Å². The van der Waals surface area contributed by atoms with Gasteiger partial charge in [0.05, 0.1) is 17.4 Å². The van der Waals surface area contributed by atoms with Crippen molar-refractivity contribution < 1.29 is 14.4 Å². The van der Waals surface area contributed by atoms with Gasteiger partial charge in [0.1, 0.15) is 6.54 Å². The van der Waals surface area contributed by atoms with Crippen molar-refractivity contribution in [2.45, 2.75) is 50.5 Å². The number of fused-ring (bicyclic) bond motifs is 1. The Bertz CT molecular complexity index is 735. The average Bonchev–Trinajstić information content (AvgIpc) is 2.83. The van der Waals surface area contributed by atoms with Crippen LogP contribution in [0.25, 0.3) is 0 Å². The van der Waals surface area contributed by atoms with Crippen LogP contribution in [0.5, 0.6) is 0 Å². The van der Waals surface area contributed by atoms with Crippen molar-refractivity contribution in [3.8, 4) is 0 Å². The standard InChI is InChI=1S/C20H23BrN2O3/c21-14-6-3-5-13(11-14)20(9-4-10-20)22-17(24)12-23-18(25)15-7-1-2-8-16(15)19(23)26/h3,5-6,11,15-16H,1-2,4,7-10,12H2,(H,22,24)/t15-,16-/m1/s1. The van der Waals surface area contributed by atoms with Crippen LogP contribution in [0.1, 0.15) is 50.5 Å². The van der Waals surface area contributed by atoms with E-state index in [-0.39, 0.29) is 41.6 Å². The monoisotopic (exact) mass is 418 g/mol. The van der Waals surface area contributed by atoms with Crippen LogP contribution in [0, 0.1) is 11.8 Å². The van der Waals surface area contributed by atoms with E-state index >= 15 is 0 Å². The van der Waals surface area contributed by atoms with E-state index in [0.717, 1.165) is 55.0 Å². The third-order valence-electron chi connectivity index (χ3n) is 6.20. The fourth-order valence-electron chi connectivity index (χ4n) is 4.64. The van der Waals surface area contributed by atoms with Crippen LogP contribution >= 0.6 is 15.9 Å². The smallest absolute Gasteiger partial charge is 0.240 e. The molecule has 4 rings (SSSR count). The first-order valence-corrected chi connectivity index (χ1v) is 10.2. The fraction of sp³-hybridized carbons (Fsp3) is 0.550. The zero-order valence-corrected chi connectivity index (χ0v) is 16.3. The molecule has 3 aliphatic rings. The first-order valence-electron chi connectivity index (χ1n) is 9.42. The summed E-state index contributed by atoms with van der Waals surface area (Å²) in [4.78, 5) is 39.0. The van der Waals surface area contributed by atoms with E-state index in [1.165, 1.54) is 4.90 Å². The van der Waals surface area contributed by atoms with E-state index in [0.29, 0.717) is 0 Å². The maximum atomic E-state index is 12.7. The van der Waals surface area contributed by atoms with Crippen LogP contribution in [-0.4, -0.2) is 29.2 Å². The molecule has 1 aromatic rings. The molecule has 0 bridgehead atoms. The van der Waals surface area contributed by atoms with Crippen LogP contribution < -0.4 is 5.32 Å². The van der Waals surface area contributed by atoms with Gasteiger partial charge in [-0.1, -0.05) is 40.9 Å². The molecule has 0 aromatic heterocycles. The Morgan fingerprint density at radius 2 is 1.77 bits per heavy atom. The van der Waals surface area contributed by atoms with E-state index in [1.54, 1.807) is 0 Å². The molecule has 0 spiro atoms. The Labute approximate surface area is 161 Å². The normalized spacial score (nSPS) is 27.0. The molecule has 26 heavy (non-hydrogen) atoms. The van der Waals surface area contributed by atoms with Crippen molar-refractivity contribution in [3.05, 3.63) is 34.3 Å². The quantitative estimate of drug-likeness (QED) is 0.763. The Balaban J connectivity index is 1.47. The SMILES string of the molecule is O=C(CN1C(=O)[C@@H]2CCCC[C@H]2C1=O)NC1(c2cccc(Br)c2)CCC1. The second-order valence-electron chi connectivity index (χ2n) is 7.75. The van der Waals surface area contributed by atoms with E-state index in [4.69, 9.17) is 0 Å². The van der Waals surface area contributed by atoms with Gasteiger partial charge in [-0.2, -0.15) is 0 Å². The lowest BCUT2D eigenvalue weighted by Crippen LogP contribution is -2.53. The Hall–Kier alpha value is -1.69. The van der Waals surface area contributed by atoms with Crippen molar-refractivity contribution in [2.24, 2.45) is 11.8 Å². The van der Waals surface area contributed by atoms with E-state index in [1.807, 2.05) is 24.3 Å². The minimum atomic E-state index is -0.376. The van der Waals surface area contributed by atoms with Crippen molar-refractivity contribution in [1.29, 1.82) is 0 Å². The lowest BCUT2D eigenvalue weighted by molar-refractivity contribution is -0.144. The third kappa shape index (κ3) is 2.98. The van der Waals surface area contributed by atoms with Crippen molar-refractivity contribution in [1.82, 2.24) is 10.2 Å². The molecule has 2 saturated carbocycles. The van der Waals surface area contributed by atoms with Gasteiger partial charge < -0.3 is 5.32 Å². The molecule has 138 valence electrons. The van der Waals surface area contributed by atoms with Gasteiger partial charge >= 0.3 is 0 Å². The van der Waals surface area contributed by atoms with Crippen molar-refractivity contribution in [3.63, 3.8) is 0 Å². The number of carbonyl (C=O) groups is 3. The summed E-state index contributed by atoms with van der Waals surface area (Å²) in [5.41, 5.74) is 0.693. The summed E-state index contributed by atoms with van der Waals surface area (Å²) in [6.07, 6.45) is 6.34. The van der Waals surface area contributed by atoms with E-state index in [9.17, 15) is 14.4 Å². The van der Waals surface area contributed by atoms with Crippen LogP contribution in [0.15, 0.2) is 28.7 Å². The number of nitrogens with one attached hydrogen (secondary N) is 1. The number of imide groups is 1. The summed E-state index contributed by atoms with van der Waals surface area (Å²) in [5.74, 6) is -0.955. The number of benzene rings is 1. The highest BCUT2D eigenvalue weighted by Gasteiger charge is 2.49. The molecule has 1 aliphatic heterocycles. The number of hydrogen-bond donors (Lipinski definition) is 1. The van der Waals surface area contributed by atoms with Crippen LogP contribution in [0.4, 0.5) is 0 Å². The molecule has 3 fully saturated rings. The largest absolute Gasteiger partial charge is 0.345 e. The first-order chi connectivity index (χ1) is 12.5. The van der Waals surface area contributed by atoms with Gasteiger partial charge in [-0.3, -0.25) is 19.3 Å². The number of halogens is 1. The Kier molecular flexibility index (Phi) is 4.63. The highest BCUT2D eigenvalue weighted by atomic mass is 79.9. The molecule has 2 atom stereocenters. The fourth-order valence-corrected chi connectivity index (χ4v) is 5.04. The molecular weight excluding hydrogens is 396 g/mol. The average molecular weight is 419 g/mol. The number of carbonyl (C=O) groups excluding carboxylic acids is 3. The van der Waals surface area contributed by atoms with Gasteiger partial charge in [-0.25, -0.2) is 0 Å². The van der Waals surface area contributed by atoms with Gasteiger partial charge in [0.15, 0.2) is 0 Å². The van der Waals surface area contributed by atoms with Gasteiger partial charge in [0.2, 0.25) is 17.7 Å². The molecule has 1 heterocycles. The lowest BCUT2D eigenvalue weighted by atomic mass is 9.72. The lowest BCUT2D eigenvalue weighted by Gasteiger charge is -2.43. The molecule has 6 heteroatoms. The number of hydrogen-bond acceptors (Lipinski definition) is 3. The molecule has 3 amide bonds. The number of nitrogens with zero attached hydrogens (tertiary/aromatic N) is 1. The summed E-state index contributed by atoms with van der Waals surface area (Å²) in [6, 6.07) is 7.97. The summed E-state index contributed by atoms with van der Waals surface area (Å²) in [7, 11) is 0. The maximum Gasteiger partial charge on any atom is 0.240 e. The third-order valence-corrected chi connectivity index (χ3v) is 6.69. The zero-order chi connectivity index (χ0) is 18.3. The first kappa shape index (κ1) is 17.7.